The highest BCUT2D eigenvalue weighted by Gasteiger charge is 2.11. The molecule has 0 aromatic heterocycles. The van der Waals surface area contributed by atoms with Gasteiger partial charge in [-0.1, -0.05) is 30.7 Å². The highest BCUT2D eigenvalue weighted by Crippen LogP contribution is 2.16. The van der Waals surface area contributed by atoms with E-state index in [1.54, 1.807) is 0 Å². The molecule has 1 aromatic carbocycles. The Bertz CT molecular complexity index is 378. The molecule has 1 heterocycles. The van der Waals surface area contributed by atoms with E-state index in [-0.39, 0.29) is 12.4 Å². The van der Waals surface area contributed by atoms with Crippen molar-refractivity contribution in [1.29, 1.82) is 5.26 Å². The normalized spacial score (nSPS) is 15.9. The fourth-order valence-corrected chi connectivity index (χ4v) is 2.33. The Morgan fingerprint density at radius 2 is 1.71 bits per heavy atom. The molecule has 0 aliphatic carbocycles. The lowest BCUT2D eigenvalue weighted by Gasteiger charge is -2.27. The third-order valence-corrected chi connectivity index (χ3v) is 3.23. The highest BCUT2D eigenvalue weighted by atomic mass is 35.5. The molecular formula is C14H18ClN2-. The van der Waals surface area contributed by atoms with Gasteiger partial charge in [-0.3, -0.25) is 4.90 Å². The SMILES string of the molecule is N#CCc1ccccc1CN1CCCCC1.[Cl-]. The molecule has 92 valence electrons. The van der Waals surface area contributed by atoms with E-state index in [0.717, 1.165) is 6.54 Å². The zero-order valence-corrected chi connectivity index (χ0v) is 10.8. The first kappa shape index (κ1) is 14.0. The number of benzene rings is 1. The maximum Gasteiger partial charge on any atom is 0.0669 e. The van der Waals surface area contributed by atoms with Gasteiger partial charge in [0.1, 0.15) is 0 Å². The molecule has 1 aromatic rings. The van der Waals surface area contributed by atoms with Crippen molar-refractivity contribution >= 4 is 0 Å². The second-order valence-electron chi connectivity index (χ2n) is 4.44. The predicted molar refractivity (Wildman–Crippen MR) is 64.9 cm³/mol. The monoisotopic (exact) mass is 249 g/mol. The molecule has 0 N–H and O–H groups in total. The molecule has 2 nitrogen and oxygen atoms in total. The Labute approximate surface area is 110 Å². The molecule has 0 unspecified atom stereocenters. The van der Waals surface area contributed by atoms with E-state index in [0.29, 0.717) is 6.42 Å². The number of hydrogen-bond donors (Lipinski definition) is 0. The fourth-order valence-electron chi connectivity index (χ4n) is 2.33. The van der Waals surface area contributed by atoms with Crippen LogP contribution in [0.15, 0.2) is 24.3 Å². The second kappa shape index (κ2) is 7.32. The summed E-state index contributed by atoms with van der Waals surface area (Å²) in [6, 6.07) is 10.6. The van der Waals surface area contributed by atoms with Gasteiger partial charge in [-0.2, -0.15) is 5.26 Å². The Hall–Kier alpha value is -1.04. The first-order valence-electron chi connectivity index (χ1n) is 6.06. The minimum Gasteiger partial charge on any atom is -1.00 e. The molecule has 3 heteroatoms. The molecule has 0 spiro atoms. The van der Waals surface area contributed by atoms with Gasteiger partial charge in [0.25, 0.3) is 0 Å². The van der Waals surface area contributed by atoms with E-state index in [9.17, 15) is 0 Å². The molecule has 0 saturated carbocycles. The zero-order chi connectivity index (χ0) is 11.2. The number of piperidine rings is 1. The van der Waals surface area contributed by atoms with Crippen LogP contribution in [0.3, 0.4) is 0 Å². The number of rotatable bonds is 3. The van der Waals surface area contributed by atoms with E-state index < -0.39 is 0 Å². The van der Waals surface area contributed by atoms with Crippen LogP contribution in [0, 0.1) is 11.3 Å². The van der Waals surface area contributed by atoms with E-state index in [4.69, 9.17) is 5.26 Å². The lowest BCUT2D eigenvalue weighted by Crippen LogP contribution is -3.00. The third-order valence-electron chi connectivity index (χ3n) is 3.23. The molecule has 0 radical (unpaired) electrons. The van der Waals surface area contributed by atoms with Gasteiger partial charge in [0.05, 0.1) is 12.5 Å². The van der Waals surface area contributed by atoms with E-state index in [2.05, 4.69) is 29.2 Å². The van der Waals surface area contributed by atoms with Crippen molar-refractivity contribution in [1.82, 2.24) is 4.90 Å². The summed E-state index contributed by atoms with van der Waals surface area (Å²) < 4.78 is 0. The van der Waals surface area contributed by atoms with E-state index in [1.807, 2.05) is 6.07 Å². The van der Waals surface area contributed by atoms with Crippen molar-refractivity contribution < 1.29 is 12.4 Å². The second-order valence-corrected chi connectivity index (χ2v) is 4.44. The quantitative estimate of drug-likeness (QED) is 0.738. The lowest BCUT2D eigenvalue weighted by molar-refractivity contribution is -0.00000358. The van der Waals surface area contributed by atoms with Crippen molar-refractivity contribution in [2.75, 3.05) is 13.1 Å². The molecule has 1 saturated heterocycles. The average molecular weight is 250 g/mol. The van der Waals surface area contributed by atoms with Crippen molar-refractivity contribution in [3.05, 3.63) is 35.4 Å². The molecule has 17 heavy (non-hydrogen) atoms. The number of hydrogen-bond acceptors (Lipinski definition) is 2. The number of likely N-dealkylation sites (tertiary alicyclic amines) is 1. The topological polar surface area (TPSA) is 27.0 Å². The van der Waals surface area contributed by atoms with Crippen molar-refractivity contribution in [3.63, 3.8) is 0 Å². The van der Waals surface area contributed by atoms with Crippen LogP contribution in [-0.2, 0) is 13.0 Å². The molecule has 2 rings (SSSR count). The summed E-state index contributed by atoms with van der Waals surface area (Å²) >= 11 is 0. The van der Waals surface area contributed by atoms with Crippen LogP contribution in [-0.4, -0.2) is 18.0 Å². The van der Waals surface area contributed by atoms with Crippen LogP contribution in [0.25, 0.3) is 0 Å². The van der Waals surface area contributed by atoms with E-state index in [1.165, 1.54) is 43.5 Å². The Kier molecular flexibility index (Phi) is 6.04. The first-order chi connectivity index (χ1) is 7.90. The number of nitrogens with zero attached hydrogens (tertiary/aromatic N) is 2. The largest absolute Gasteiger partial charge is 1.00 e. The van der Waals surface area contributed by atoms with Crippen LogP contribution in [0.4, 0.5) is 0 Å². The standard InChI is InChI=1S/C14H18N2.ClH/c15-9-8-13-6-2-3-7-14(13)12-16-10-4-1-5-11-16;/h2-3,6-7H,1,4-5,8,10-12H2;1H/p-1. The van der Waals surface area contributed by atoms with Crippen LogP contribution >= 0.6 is 0 Å². The highest BCUT2D eigenvalue weighted by molar-refractivity contribution is 5.29. The summed E-state index contributed by atoms with van der Waals surface area (Å²) in [5.41, 5.74) is 2.52. The van der Waals surface area contributed by atoms with Crippen LogP contribution in [0.2, 0.25) is 0 Å². The minimum absolute atomic E-state index is 0. The third kappa shape index (κ3) is 4.03. The molecule has 0 amide bonds. The van der Waals surface area contributed by atoms with Gasteiger partial charge in [0.2, 0.25) is 0 Å². The molecule has 0 bridgehead atoms. The predicted octanol–water partition coefficient (Wildman–Crippen LogP) is -0.257. The summed E-state index contributed by atoms with van der Waals surface area (Å²) in [6.45, 7) is 3.43. The molecule has 0 atom stereocenters. The summed E-state index contributed by atoms with van der Waals surface area (Å²) in [6.07, 6.45) is 4.54. The van der Waals surface area contributed by atoms with Gasteiger partial charge in [-0.25, -0.2) is 0 Å². The zero-order valence-electron chi connectivity index (χ0n) is 10.0. The maximum atomic E-state index is 8.79. The van der Waals surface area contributed by atoms with Crippen LogP contribution in [0.1, 0.15) is 30.4 Å². The van der Waals surface area contributed by atoms with Crippen LogP contribution < -0.4 is 12.4 Å². The van der Waals surface area contributed by atoms with Gasteiger partial charge in [-0.05, 0) is 37.1 Å². The van der Waals surface area contributed by atoms with Crippen molar-refractivity contribution in [2.24, 2.45) is 0 Å². The van der Waals surface area contributed by atoms with Gasteiger partial charge in [0, 0.05) is 6.54 Å². The molecular weight excluding hydrogens is 232 g/mol. The van der Waals surface area contributed by atoms with Crippen LogP contribution in [0.5, 0.6) is 0 Å². The fraction of sp³-hybridized carbons (Fsp3) is 0.500. The average Bonchev–Trinajstić information content (AvgIpc) is 2.33. The Morgan fingerprint density at radius 1 is 1.06 bits per heavy atom. The Morgan fingerprint density at radius 3 is 2.35 bits per heavy atom. The molecule has 1 aliphatic heterocycles. The summed E-state index contributed by atoms with van der Waals surface area (Å²) in [4.78, 5) is 2.50. The smallest absolute Gasteiger partial charge is 0.0669 e. The number of halogens is 1. The number of nitriles is 1. The van der Waals surface area contributed by atoms with Gasteiger partial charge in [-0.15, -0.1) is 0 Å². The maximum absolute atomic E-state index is 8.79. The summed E-state index contributed by atoms with van der Waals surface area (Å²) in [7, 11) is 0. The first-order valence-corrected chi connectivity index (χ1v) is 6.06. The van der Waals surface area contributed by atoms with E-state index >= 15 is 0 Å². The summed E-state index contributed by atoms with van der Waals surface area (Å²) in [5, 5.41) is 8.79. The van der Waals surface area contributed by atoms with Gasteiger partial charge >= 0.3 is 0 Å². The van der Waals surface area contributed by atoms with Crippen molar-refractivity contribution in [2.45, 2.75) is 32.2 Å². The lowest BCUT2D eigenvalue weighted by atomic mass is 10.0. The Balaban J connectivity index is 0.00000144. The molecule has 1 fully saturated rings. The molecule has 1 aliphatic rings. The summed E-state index contributed by atoms with van der Waals surface area (Å²) in [5.74, 6) is 0. The van der Waals surface area contributed by atoms with Gasteiger partial charge in [0.15, 0.2) is 0 Å². The van der Waals surface area contributed by atoms with Crippen molar-refractivity contribution in [3.8, 4) is 6.07 Å². The minimum atomic E-state index is 0. The van der Waals surface area contributed by atoms with Gasteiger partial charge < -0.3 is 12.4 Å².